The highest BCUT2D eigenvalue weighted by Crippen LogP contribution is 2.19. The maximum absolute atomic E-state index is 13.0. The molecule has 3 aromatic rings. The van der Waals surface area contributed by atoms with Crippen LogP contribution in [-0.2, 0) is 16.4 Å². The monoisotopic (exact) mass is 412 g/mol. The van der Waals surface area contributed by atoms with Crippen LogP contribution < -0.4 is 14.8 Å². The zero-order chi connectivity index (χ0) is 20.3. The molecule has 3 rings (SSSR count). The minimum absolute atomic E-state index is 0.00258. The number of aromatic nitrogens is 1. The van der Waals surface area contributed by atoms with Crippen LogP contribution in [0.15, 0.2) is 69.4 Å². The second kappa shape index (κ2) is 7.84. The molecule has 6 nitrogen and oxygen atoms in total. The minimum atomic E-state index is -4.09. The largest absolute Gasteiger partial charge is 0.465 e. The molecule has 0 spiro atoms. The van der Waals surface area contributed by atoms with E-state index in [9.17, 15) is 18.5 Å². The first-order valence-electron chi connectivity index (χ1n) is 8.20. The molecule has 0 aliphatic heterocycles. The van der Waals surface area contributed by atoms with Crippen molar-refractivity contribution in [1.82, 2.24) is 4.57 Å². The molecule has 2 aromatic heterocycles. The van der Waals surface area contributed by atoms with Crippen LogP contribution in [0.25, 0.3) is 11.0 Å². The fraction of sp³-hybridized carbons (Fsp3) is 0.100. The van der Waals surface area contributed by atoms with Gasteiger partial charge < -0.3 is 4.42 Å². The first-order chi connectivity index (χ1) is 13.4. The summed E-state index contributed by atoms with van der Waals surface area (Å²) < 4.78 is 32.9. The van der Waals surface area contributed by atoms with Gasteiger partial charge in [0.2, 0.25) is 9.84 Å². The van der Waals surface area contributed by atoms with Crippen molar-refractivity contribution in [2.75, 3.05) is 0 Å². The van der Waals surface area contributed by atoms with Crippen LogP contribution in [0, 0.1) is 18.3 Å². The summed E-state index contributed by atoms with van der Waals surface area (Å²) in [4.78, 5) is 12.3. The van der Waals surface area contributed by atoms with Gasteiger partial charge in [0.15, 0.2) is 4.91 Å². The zero-order valence-electron chi connectivity index (χ0n) is 15.0. The summed E-state index contributed by atoms with van der Waals surface area (Å²) in [5, 5.41) is 9.65. The van der Waals surface area contributed by atoms with E-state index in [2.05, 4.69) is 6.58 Å². The Morgan fingerprint density at radius 2 is 2.04 bits per heavy atom. The van der Waals surface area contributed by atoms with E-state index in [4.69, 9.17) is 4.42 Å². The smallest absolute Gasteiger partial charge is 0.269 e. The number of benzene rings is 1. The fourth-order valence-electron chi connectivity index (χ4n) is 2.54. The molecule has 0 amide bonds. The summed E-state index contributed by atoms with van der Waals surface area (Å²) in [7, 11) is -4.09. The Morgan fingerprint density at radius 1 is 1.32 bits per heavy atom. The third-order valence-electron chi connectivity index (χ3n) is 3.93. The molecule has 0 fully saturated rings. The Balaban J connectivity index is 2.37. The summed E-state index contributed by atoms with van der Waals surface area (Å²) in [6.45, 7) is 5.52. The van der Waals surface area contributed by atoms with E-state index in [0.29, 0.717) is 5.76 Å². The van der Waals surface area contributed by atoms with E-state index in [0.717, 1.165) is 16.9 Å². The van der Waals surface area contributed by atoms with E-state index < -0.39 is 20.3 Å². The van der Waals surface area contributed by atoms with Gasteiger partial charge in [0.05, 0.1) is 15.7 Å². The quantitative estimate of drug-likeness (QED) is 0.597. The highest BCUT2D eigenvalue weighted by Gasteiger charge is 2.24. The molecule has 0 radical (unpaired) electrons. The van der Waals surface area contributed by atoms with Crippen LogP contribution in [0.2, 0.25) is 0 Å². The lowest BCUT2D eigenvalue weighted by Gasteiger charge is -2.04. The number of nitrogens with zero attached hydrogens (tertiary/aromatic N) is 2. The van der Waals surface area contributed by atoms with E-state index >= 15 is 0 Å². The highest BCUT2D eigenvalue weighted by atomic mass is 32.2. The van der Waals surface area contributed by atoms with Crippen molar-refractivity contribution in [3.63, 3.8) is 0 Å². The van der Waals surface area contributed by atoms with E-state index in [1.807, 2.05) is 6.92 Å². The molecule has 28 heavy (non-hydrogen) atoms. The van der Waals surface area contributed by atoms with Crippen LogP contribution in [0.4, 0.5) is 0 Å². The molecule has 0 aliphatic rings. The Bertz CT molecular complexity index is 1340. The lowest BCUT2D eigenvalue weighted by molar-refractivity contribution is 0.556. The number of aryl methyl sites for hydroxylation is 1. The number of nitriles is 1. The van der Waals surface area contributed by atoms with Crippen LogP contribution in [-0.4, -0.2) is 13.0 Å². The molecule has 0 atom stereocenters. The lowest BCUT2D eigenvalue weighted by Crippen LogP contribution is -2.32. The van der Waals surface area contributed by atoms with Gasteiger partial charge in [-0.15, -0.1) is 17.9 Å². The number of rotatable bonds is 5. The Hall–Kier alpha value is -3.15. The van der Waals surface area contributed by atoms with Crippen molar-refractivity contribution in [1.29, 1.82) is 5.26 Å². The topological polar surface area (TPSA) is 93.1 Å². The first kappa shape index (κ1) is 19.6. The third kappa shape index (κ3) is 3.63. The second-order valence-electron chi connectivity index (χ2n) is 5.89. The normalized spacial score (nSPS) is 13.2. The molecule has 0 aliphatic carbocycles. The maximum atomic E-state index is 13.0. The first-order valence-corrected chi connectivity index (χ1v) is 10.5. The molecule has 0 unspecified atom stereocenters. The van der Waals surface area contributed by atoms with Crippen molar-refractivity contribution >= 4 is 32.2 Å². The summed E-state index contributed by atoms with van der Waals surface area (Å²) >= 11 is 0.930. The molecule has 0 saturated heterocycles. The highest BCUT2D eigenvalue weighted by molar-refractivity contribution is 8.00. The summed E-state index contributed by atoms with van der Waals surface area (Å²) in [6.07, 6.45) is 4.46. The lowest BCUT2D eigenvalue weighted by atomic mass is 10.2. The summed E-state index contributed by atoms with van der Waals surface area (Å²) in [5.41, 5.74) is 0.482. The maximum Gasteiger partial charge on any atom is 0.269 e. The Labute approximate surface area is 165 Å². The van der Waals surface area contributed by atoms with Gasteiger partial charge in [0.25, 0.3) is 5.56 Å². The van der Waals surface area contributed by atoms with Gasteiger partial charge in [0.1, 0.15) is 16.5 Å². The fourth-order valence-corrected chi connectivity index (χ4v) is 5.18. The predicted molar refractivity (Wildman–Crippen MR) is 108 cm³/mol. The van der Waals surface area contributed by atoms with Gasteiger partial charge in [-0.05, 0) is 31.2 Å². The van der Waals surface area contributed by atoms with E-state index in [1.165, 1.54) is 35.1 Å². The SMILES string of the molecule is C=CCn1c(=O)/c(=C/c2ccco2)s/c1=C(\C#N)S(=O)(=O)c1ccc(C)cc1. The Morgan fingerprint density at radius 3 is 2.61 bits per heavy atom. The number of sulfone groups is 1. The molecule has 8 heteroatoms. The predicted octanol–water partition coefficient (Wildman–Crippen LogP) is 1.93. The van der Waals surface area contributed by atoms with Gasteiger partial charge in [-0.2, -0.15) is 5.26 Å². The molecule has 0 saturated carbocycles. The van der Waals surface area contributed by atoms with Crippen LogP contribution in [0.1, 0.15) is 11.3 Å². The van der Waals surface area contributed by atoms with Gasteiger partial charge in [-0.1, -0.05) is 23.8 Å². The Kier molecular flexibility index (Phi) is 5.49. The number of furan rings is 1. The van der Waals surface area contributed by atoms with Gasteiger partial charge in [0, 0.05) is 12.6 Å². The number of hydrogen-bond donors (Lipinski definition) is 0. The number of hydrogen-bond acceptors (Lipinski definition) is 6. The second-order valence-corrected chi connectivity index (χ2v) is 8.81. The molecule has 1 aromatic carbocycles. The molecular weight excluding hydrogens is 396 g/mol. The molecule has 2 heterocycles. The van der Waals surface area contributed by atoms with E-state index in [1.54, 1.807) is 30.3 Å². The zero-order valence-corrected chi connectivity index (χ0v) is 16.6. The van der Waals surface area contributed by atoms with Crippen molar-refractivity contribution in [3.8, 4) is 6.07 Å². The van der Waals surface area contributed by atoms with Crippen molar-refractivity contribution in [2.45, 2.75) is 18.4 Å². The average molecular weight is 412 g/mol. The molecule has 0 bridgehead atoms. The average Bonchev–Trinajstić information content (AvgIpc) is 3.27. The minimum Gasteiger partial charge on any atom is -0.465 e. The third-order valence-corrected chi connectivity index (χ3v) is 6.91. The van der Waals surface area contributed by atoms with Gasteiger partial charge in [-0.3, -0.25) is 9.36 Å². The van der Waals surface area contributed by atoms with Crippen LogP contribution in [0.3, 0.4) is 0 Å². The molecule has 142 valence electrons. The van der Waals surface area contributed by atoms with E-state index in [-0.39, 0.29) is 20.6 Å². The molecule has 0 N–H and O–H groups in total. The molecular formula is C20H16N2O4S2. The van der Waals surface area contributed by atoms with Crippen molar-refractivity contribution in [3.05, 3.63) is 86.2 Å². The number of allylic oxidation sites excluding steroid dienone is 1. The van der Waals surface area contributed by atoms with Crippen LogP contribution in [0.5, 0.6) is 0 Å². The summed E-state index contributed by atoms with van der Waals surface area (Å²) in [5.74, 6) is 0.454. The van der Waals surface area contributed by atoms with Crippen molar-refractivity contribution in [2.24, 2.45) is 0 Å². The van der Waals surface area contributed by atoms with Gasteiger partial charge in [-0.25, -0.2) is 8.42 Å². The number of thiazole rings is 1. The summed E-state index contributed by atoms with van der Waals surface area (Å²) in [6, 6.07) is 11.3. The van der Waals surface area contributed by atoms with Crippen LogP contribution >= 0.6 is 11.3 Å². The van der Waals surface area contributed by atoms with Crippen molar-refractivity contribution < 1.29 is 12.8 Å². The standard InChI is InChI=1S/C20H16N2O4S2/c1-3-10-22-19(23)17(12-15-5-4-11-26-15)27-20(22)18(13-21)28(24,25)16-8-6-14(2)7-9-16/h3-9,11-12H,1,10H2,2H3/b17-12-,20-18+. The van der Waals surface area contributed by atoms with Gasteiger partial charge >= 0.3 is 0 Å².